The van der Waals surface area contributed by atoms with Crippen LogP contribution in [-0.2, 0) is 9.53 Å². The largest absolute Gasteiger partial charge is 0.494 e. The molecule has 0 saturated heterocycles. The van der Waals surface area contributed by atoms with Crippen molar-refractivity contribution in [2.24, 2.45) is 0 Å². The summed E-state index contributed by atoms with van der Waals surface area (Å²) >= 11 is 0. The summed E-state index contributed by atoms with van der Waals surface area (Å²) in [7, 11) is 0. The SMILES string of the molecule is CCCCOc1ccc(OC(=O)C=Cc2ccc(OCCCCCCCCOC(=O)c3cc(N)cc(N)c3)cc2)cc1. The van der Waals surface area contributed by atoms with Crippen LogP contribution in [0.1, 0.15) is 74.2 Å². The smallest absolute Gasteiger partial charge is 0.338 e. The quantitative estimate of drug-likeness (QED) is 0.0536. The van der Waals surface area contributed by atoms with Crippen LogP contribution in [-0.4, -0.2) is 31.8 Å². The van der Waals surface area contributed by atoms with Crippen LogP contribution in [0.25, 0.3) is 6.08 Å². The molecule has 0 bridgehead atoms. The van der Waals surface area contributed by atoms with Crippen LogP contribution in [0, 0.1) is 0 Å². The van der Waals surface area contributed by atoms with Crippen molar-refractivity contribution >= 4 is 29.4 Å². The number of ether oxygens (including phenoxy) is 4. The fraction of sp³-hybridized carbons (Fsp3) is 0.353. The molecule has 0 aliphatic rings. The van der Waals surface area contributed by atoms with Crippen molar-refractivity contribution in [2.45, 2.75) is 58.3 Å². The van der Waals surface area contributed by atoms with Gasteiger partial charge in [-0.2, -0.15) is 0 Å². The Morgan fingerprint density at radius 2 is 1.19 bits per heavy atom. The van der Waals surface area contributed by atoms with Gasteiger partial charge in [-0.1, -0.05) is 51.2 Å². The number of esters is 2. The highest BCUT2D eigenvalue weighted by Gasteiger charge is 2.08. The minimum atomic E-state index is -0.445. The van der Waals surface area contributed by atoms with Gasteiger partial charge in [-0.25, -0.2) is 9.59 Å². The third kappa shape index (κ3) is 12.4. The predicted molar refractivity (Wildman–Crippen MR) is 167 cm³/mol. The van der Waals surface area contributed by atoms with E-state index in [0.717, 1.165) is 68.4 Å². The second-order valence-electron chi connectivity index (χ2n) is 9.99. The van der Waals surface area contributed by atoms with Gasteiger partial charge in [-0.3, -0.25) is 0 Å². The molecule has 0 atom stereocenters. The fourth-order valence-electron chi connectivity index (χ4n) is 4.07. The molecule has 0 heterocycles. The van der Waals surface area contributed by atoms with E-state index in [1.807, 2.05) is 24.3 Å². The van der Waals surface area contributed by atoms with Crippen molar-refractivity contribution in [3.63, 3.8) is 0 Å². The summed E-state index contributed by atoms with van der Waals surface area (Å²) in [5.74, 6) is 1.18. The summed E-state index contributed by atoms with van der Waals surface area (Å²) in [6.45, 7) is 3.81. The van der Waals surface area contributed by atoms with Crippen molar-refractivity contribution in [1.82, 2.24) is 0 Å². The molecular weight excluding hydrogens is 532 g/mol. The Kier molecular flexibility index (Phi) is 13.8. The van der Waals surface area contributed by atoms with Gasteiger partial charge in [0.15, 0.2) is 0 Å². The first-order valence-corrected chi connectivity index (χ1v) is 14.6. The maximum Gasteiger partial charge on any atom is 0.338 e. The van der Waals surface area contributed by atoms with E-state index in [9.17, 15) is 9.59 Å². The van der Waals surface area contributed by atoms with Crippen molar-refractivity contribution in [3.8, 4) is 17.2 Å². The van der Waals surface area contributed by atoms with Crippen LogP contribution in [0.2, 0.25) is 0 Å². The Balaban J connectivity index is 1.22. The van der Waals surface area contributed by atoms with Gasteiger partial charge in [-0.05, 0) is 85.5 Å². The molecule has 0 spiro atoms. The summed E-state index contributed by atoms with van der Waals surface area (Å²) < 4.78 is 22.1. The van der Waals surface area contributed by atoms with E-state index in [2.05, 4.69) is 6.92 Å². The van der Waals surface area contributed by atoms with E-state index in [-0.39, 0.29) is 0 Å². The number of hydrogen-bond donors (Lipinski definition) is 2. The zero-order valence-electron chi connectivity index (χ0n) is 24.4. The molecule has 3 rings (SSSR count). The maximum absolute atomic E-state index is 12.2. The lowest BCUT2D eigenvalue weighted by molar-refractivity contribution is -0.128. The van der Waals surface area contributed by atoms with Crippen molar-refractivity contribution in [1.29, 1.82) is 0 Å². The molecule has 0 radical (unpaired) electrons. The van der Waals surface area contributed by atoms with Gasteiger partial charge < -0.3 is 30.4 Å². The molecule has 0 aliphatic heterocycles. The third-order valence-electron chi connectivity index (χ3n) is 6.35. The second kappa shape index (κ2) is 18.1. The van der Waals surface area contributed by atoms with E-state index >= 15 is 0 Å². The average Bonchev–Trinajstić information content (AvgIpc) is 2.98. The van der Waals surface area contributed by atoms with Gasteiger partial charge in [0.25, 0.3) is 0 Å². The Labute approximate surface area is 248 Å². The maximum atomic E-state index is 12.2. The molecule has 0 unspecified atom stereocenters. The molecule has 8 nitrogen and oxygen atoms in total. The number of benzene rings is 3. The normalized spacial score (nSPS) is 10.9. The summed E-state index contributed by atoms with van der Waals surface area (Å²) in [6, 6.07) is 19.4. The van der Waals surface area contributed by atoms with Gasteiger partial charge in [0.05, 0.1) is 25.4 Å². The highest BCUT2D eigenvalue weighted by molar-refractivity contribution is 5.91. The molecule has 8 heteroatoms. The van der Waals surface area contributed by atoms with Crippen molar-refractivity contribution < 1.29 is 28.5 Å². The van der Waals surface area contributed by atoms with Crippen molar-refractivity contribution in [3.05, 3.63) is 83.9 Å². The average molecular weight is 575 g/mol. The summed E-state index contributed by atoms with van der Waals surface area (Å²) in [6.07, 6.45) is 11.2. The van der Waals surface area contributed by atoms with E-state index < -0.39 is 11.9 Å². The first kappa shape index (κ1) is 32.1. The molecule has 0 amide bonds. The molecule has 0 aromatic heterocycles. The number of hydrogen-bond acceptors (Lipinski definition) is 8. The Hall–Kier alpha value is -4.46. The number of rotatable bonds is 18. The van der Waals surface area contributed by atoms with Gasteiger partial charge in [0.1, 0.15) is 17.2 Å². The topological polar surface area (TPSA) is 123 Å². The zero-order valence-corrected chi connectivity index (χ0v) is 24.4. The first-order chi connectivity index (χ1) is 20.4. The van der Waals surface area contributed by atoms with Gasteiger partial charge in [-0.15, -0.1) is 0 Å². The predicted octanol–water partition coefficient (Wildman–Crippen LogP) is 7.23. The van der Waals surface area contributed by atoms with Crippen molar-refractivity contribution in [2.75, 3.05) is 31.3 Å². The molecule has 3 aromatic carbocycles. The van der Waals surface area contributed by atoms with Gasteiger partial charge >= 0.3 is 11.9 Å². The summed E-state index contributed by atoms with van der Waals surface area (Å²) in [5.41, 5.74) is 13.6. The fourth-order valence-corrected chi connectivity index (χ4v) is 4.07. The lowest BCUT2D eigenvalue weighted by atomic mass is 10.1. The monoisotopic (exact) mass is 574 g/mol. The molecule has 3 aromatic rings. The molecule has 0 saturated carbocycles. The molecular formula is C34H42N2O6. The highest BCUT2D eigenvalue weighted by Crippen LogP contribution is 2.19. The lowest BCUT2D eigenvalue weighted by Crippen LogP contribution is -2.07. The Bertz CT molecular complexity index is 1250. The molecule has 42 heavy (non-hydrogen) atoms. The van der Waals surface area contributed by atoms with Crippen LogP contribution in [0.4, 0.5) is 11.4 Å². The number of nitrogen functional groups attached to an aromatic ring is 2. The Morgan fingerprint density at radius 3 is 1.81 bits per heavy atom. The number of nitrogens with two attached hydrogens (primary N) is 2. The molecule has 224 valence electrons. The first-order valence-electron chi connectivity index (χ1n) is 14.6. The Morgan fingerprint density at radius 1 is 0.667 bits per heavy atom. The number of anilines is 2. The van der Waals surface area contributed by atoms with E-state index in [0.29, 0.717) is 42.5 Å². The zero-order chi connectivity index (χ0) is 30.0. The number of carbonyl (C=O) groups is 2. The standard InChI is InChI=1S/C34H42N2O6/c1-2-3-20-39-31-15-17-32(18-16-31)42-33(37)19-12-26-10-13-30(14-11-26)40-21-8-6-4-5-7-9-22-41-34(38)27-23-28(35)25-29(36)24-27/h10-19,23-25H,2-9,20-22,35-36H2,1H3. The van der Waals surface area contributed by atoms with Crippen LogP contribution >= 0.6 is 0 Å². The second-order valence-corrected chi connectivity index (χ2v) is 9.99. The van der Waals surface area contributed by atoms with Crippen LogP contribution in [0.15, 0.2) is 72.8 Å². The minimum Gasteiger partial charge on any atom is -0.494 e. The summed E-state index contributed by atoms with van der Waals surface area (Å²) in [5, 5.41) is 0. The van der Waals surface area contributed by atoms with E-state index in [1.54, 1.807) is 48.5 Å². The van der Waals surface area contributed by atoms with Crippen LogP contribution < -0.4 is 25.7 Å². The highest BCUT2D eigenvalue weighted by atomic mass is 16.5. The summed E-state index contributed by atoms with van der Waals surface area (Å²) in [4.78, 5) is 24.2. The minimum absolute atomic E-state index is 0.380. The molecule has 0 aliphatic carbocycles. The van der Waals surface area contributed by atoms with Gasteiger partial charge in [0, 0.05) is 17.5 Å². The van der Waals surface area contributed by atoms with Crippen LogP contribution in [0.3, 0.4) is 0 Å². The molecule has 4 N–H and O–H groups in total. The number of unbranched alkanes of at least 4 members (excludes halogenated alkanes) is 6. The van der Waals surface area contributed by atoms with Gasteiger partial charge in [0.2, 0.25) is 0 Å². The third-order valence-corrected chi connectivity index (χ3v) is 6.35. The number of carbonyl (C=O) groups excluding carboxylic acids is 2. The van der Waals surface area contributed by atoms with E-state index in [4.69, 9.17) is 30.4 Å². The lowest BCUT2D eigenvalue weighted by Gasteiger charge is -2.07. The van der Waals surface area contributed by atoms with Crippen LogP contribution in [0.5, 0.6) is 17.2 Å². The van der Waals surface area contributed by atoms with E-state index in [1.165, 1.54) is 6.08 Å². The molecule has 0 fully saturated rings.